The topological polar surface area (TPSA) is 122 Å². The number of hydrogen-bond donors (Lipinski definition) is 1. The molecular weight excluding hydrogens is 350 g/mol. The molecule has 2 heterocycles. The fraction of sp³-hybridized carbons (Fsp3) is 0.611. The molecule has 2 aromatic rings. The number of ether oxygens (including phenoxy) is 2. The van der Waals surface area contributed by atoms with E-state index in [1.165, 1.54) is 6.33 Å². The molecule has 0 radical (unpaired) electrons. The molecule has 0 aliphatic carbocycles. The normalized spacial score (nSPS) is 13.4. The lowest BCUT2D eigenvalue weighted by Gasteiger charge is -2.25. The molecule has 0 saturated carbocycles. The lowest BCUT2D eigenvalue weighted by atomic mass is 9.97. The molecule has 9 heteroatoms. The molecule has 1 unspecified atom stereocenters. The van der Waals surface area contributed by atoms with E-state index in [0.29, 0.717) is 11.2 Å². The summed E-state index contributed by atoms with van der Waals surface area (Å²) in [7, 11) is 0. The van der Waals surface area contributed by atoms with E-state index in [1.54, 1.807) is 52.4 Å². The first-order valence-corrected chi connectivity index (χ1v) is 8.69. The van der Waals surface area contributed by atoms with Crippen LogP contribution in [0.25, 0.3) is 11.2 Å². The minimum Gasteiger partial charge on any atom is -0.461 e. The van der Waals surface area contributed by atoms with Crippen LogP contribution < -0.4 is 5.73 Å². The van der Waals surface area contributed by atoms with Gasteiger partial charge in [-0.3, -0.25) is 9.59 Å². The highest BCUT2D eigenvalue weighted by molar-refractivity contribution is 5.81. The molecule has 0 aliphatic rings. The Morgan fingerprint density at radius 1 is 1.07 bits per heavy atom. The first-order valence-electron chi connectivity index (χ1n) is 8.69. The van der Waals surface area contributed by atoms with E-state index < -0.39 is 22.9 Å². The van der Waals surface area contributed by atoms with Crippen molar-refractivity contribution in [2.45, 2.75) is 54.2 Å². The summed E-state index contributed by atoms with van der Waals surface area (Å²) in [6.07, 6.45) is 2.18. The molecule has 0 aliphatic heterocycles. The number of hydrogen-bond acceptors (Lipinski definition) is 8. The molecule has 0 fully saturated rings. The van der Waals surface area contributed by atoms with Gasteiger partial charge < -0.3 is 19.8 Å². The number of nitrogens with two attached hydrogens (primary N) is 1. The number of imidazole rings is 1. The summed E-state index contributed by atoms with van der Waals surface area (Å²) in [6, 6.07) is 0. The van der Waals surface area contributed by atoms with Gasteiger partial charge in [-0.15, -0.1) is 0 Å². The van der Waals surface area contributed by atoms with Gasteiger partial charge in [-0.25, -0.2) is 15.0 Å². The highest BCUT2D eigenvalue weighted by Crippen LogP contribution is 2.20. The van der Waals surface area contributed by atoms with Crippen molar-refractivity contribution in [1.82, 2.24) is 19.5 Å². The maximum atomic E-state index is 12.3. The van der Waals surface area contributed by atoms with E-state index in [4.69, 9.17) is 15.2 Å². The minimum atomic E-state index is -0.698. The summed E-state index contributed by atoms with van der Waals surface area (Å²) in [5.41, 5.74) is 5.45. The molecule has 0 bridgehead atoms. The summed E-state index contributed by atoms with van der Waals surface area (Å²) in [6.45, 7) is 10.7. The molecule has 0 saturated heterocycles. The van der Waals surface area contributed by atoms with Crippen molar-refractivity contribution in [3.8, 4) is 0 Å². The summed E-state index contributed by atoms with van der Waals surface area (Å²) >= 11 is 0. The molecule has 9 nitrogen and oxygen atoms in total. The van der Waals surface area contributed by atoms with Crippen LogP contribution in [-0.2, 0) is 25.6 Å². The molecular formula is C18H27N5O4. The second-order valence-electron chi connectivity index (χ2n) is 8.45. The van der Waals surface area contributed by atoms with Gasteiger partial charge in [0.15, 0.2) is 17.6 Å². The zero-order valence-electron chi connectivity index (χ0n) is 16.6. The quantitative estimate of drug-likeness (QED) is 0.785. The van der Waals surface area contributed by atoms with Crippen LogP contribution >= 0.6 is 0 Å². The second-order valence-corrected chi connectivity index (χ2v) is 8.45. The third kappa shape index (κ3) is 5.15. The highest BCUT2D eigenvalue weighted by Gasteiger charge is 2.29. The predicted molar refractivity (Wildman–Crippen MR) is 99.5 cm³/mol. The van der Waals surface area contributed by atoms with Gasteiger partial charge in [-0.05, 0) is 41.5 Å². The predicted octanol–water partition coefficient (Wildman–Crippen LogP) is 1.96. The number of aromatic nitrogens is 4. The lowest BCUT2D eigenvalue weighted by molar-refractivity contribution is -0.169. The van der Waals surface area contributed by atoms with Crippen LogP contribution in [-0.4, -0.2) is 44.2 Å². The molecule has 27 heavy (non-hydrogen) atoms. The van der Waals surface area contributed by atoms with Crippen LogP contribution in [0.1, 0.15) is 41.5 Å². The van der Waals surface area contributed by atoms with E-state index in [-0.39, 0.29) is 24.9 Å². The molecule has 0 aromatic carbocycles. The number of nitrogens with zero attached hydrogens (tertiary/aromatic N) is 4. The molecule has 0 spiro atoms. The van der Waals surface area contributed by atoms with Gasteiger partial charge in [-0.1, -0.05) is 0 Å². The average molecular weight is 377 g/mol. The van der Waals surface area contributed by atoms with E-state index in [9.17, 15) is 9.59 Å². The molecule has 1 atom stereocenters. The second kappa shape index (κ2) is 7.50. The standard InChI is InChI=1S/C18H27N5O4/c1-17(2,3)15(24)26-8-11(27-16(25)18(4,5)6)7-23-10-22-12-13(19)20-9-21-14(12)23/h9-11H,7-8H2,1-6H3,(H2,19,20,21). The van der Waals surface area contributed by atoms with Crippen molar-refractivity contribution in [1.29, 1.82) is 0 Å². The van der Waals surface area contributed by atoms with Crippen molar-refractivity contribution in [3.63, 3.8) is 0 Å². The Hall–Kier alpha value is -2.71. The lowest BCUT2D eigenvalue weighted by Crippen LogP contribution is -2.35. The molecule has 2 N–H and O–H groups in total. The van der Waals surface area contributed by atoms with Crippen LogP contribution in [0.15, 0.2) is 12.7 Å². The van der Waals surface area contributed by atoms with Crippen LogP contribution in [0.2, 0.25) is 0 Å². The zero-order valence-corrected chi connectivity index (χ0v) is 16.6. The molecule has 148 valence electrons. The highest BCUT2D eigenvalue weighted by atomic mass is 16.6. The molecule has 0 amide bonds. The summed E-state index contributed by atoms with van der Waals surface area (Å²) in [4.78, 5) is 36.7. The monoisotopic (exact) mass is 377 g/mol. The number of rotatable bonds is 5. The van der Waals surface area contributed by atoms with Gasteiger partial charge in [0.1, 0.15) is 18.5 Å². The largest absolute Gasteiger partial charge is 0.461 e. The Balaban J connectivity index is 2.21. The maximum Gasteiger partial charge on any atom is 0.311 e. The number of fused-ring (bicyclic) bond motifs is 1. The Bertz CT molecular complexity index is 832. The first kappa shape index (κ1) is 20.6. The number of anilines is 1. The van der Waals surface area contributed by atoms with E-state index >= 15 is 0 Å². The Labute approximate surface area is 158 Å². The van der Waals surface area contributed by atoms with Gasteiger partial charge in [0.05, 0.1) is 23.7 Å². The third-order valence-electron chi connectivity index (χ3n) is 3.73. The fourth-order valence-electron chi connectivity index (χ4n) is 2.09. The van der Waals surface area contributed by atoms with Gasteiger partial charge in [0.2, 0.25) is 0 Å². The SMILES string of the molecule is CC(C)(C)C(=O)OCC(Cn1cnc2c(N)ncnc21)OC(=O)C(C)(C)C. The van der Waals surface area contributed by atoms with E-state index in [1.807, 2.05) is 0 Å². The summed E-state index contributed by atoms with van der Waals surface area (Å²) in [5.74, 6) is -0.500. The minimum absolute atomic E-state index is 0.0713. The number of esters is 2. The molecule has 2 rings (SSSR count). The number of nitrogen functional groups attached to an aromatic ring is 1. The Morgan fingerprint density at radius 2 is 1.70 bits per heavy atom. The third-order valence-corrected chi connectivity index (χ3v) is 3.73. The summed E-state index contributed by atoms with van der Waals surface area (Å²) < 4.78 is 12.6. The summed E-state index contributed by atoms with van der Waals surface area (Å²) in [5, 5.41) is 0. The van der Waals surface area contributed by atoms with Crippen LogP contribution in [0.4, 0.5) is 5.82 Å². The zero-order chi connectivity index (χ0) is 20.4. The maximum absolute atomic E-state index is 12.3. The van der Waals surface area contributed by atoms with Gasteiger partial charge in [0, 0.05) is 0 Å². The average Bonchev–Trinajstić information content (AvgIpc) is 2.94. The van der Waals surface area contributed by atoms with Crippen molar-refractivity contribution >= 4 is 28.9 Å². The van der Waals surface area contributed by atoms with E-state index in [2.05, 4.69) is 15.0 Å². The van der Waals surface area contributed by atoms with Crippen LogP contribution in [0, 0.1) is 10.8 Å². The Morgan fingerprint density at radius 3 is 2.30 bits per heavy atom. The van der Waals surface area contributed by atoms with Gasteiger partial charge in [-0.2, -0.15) is 0 Å². The number of carbonyl (C=O) groups excluding carboxylic acids is 2. The number of carbonyl (C=O) groups is 2. The van der Waals surface area contributed by atoms with Gasteiger partial charge >= 0.3 is 11.9 Å². The smallest absolute Gasteiger partial charge is 0.311 e. The van der Waals surface area contributed by atoms with Crippen molar-refractivity contribution < 1.29 is 19.1 Å². The Kier molecular flexibility index (Phi) is 5.72. The molecule has 2 aromatic heterocycles. The van der Waals surface area contributed by atoms with Crippen molar-refractivity contribution in [2.24, 2.45) is 10.8 Å². The van der Waals surface area contributed by atoms with Crippen LogP contribution in [0.5, 0.6) is 0 Å². The first-order chi connectivity index (χ1) is 12.4. The van der Waals surface area contributed by atoms with Crippen molar-refractivity contribution in [3.05, 3.63) is 12.7 Å². The van der Waals surface area contributed by atoms with Gasteiger partial charge in [0.25, 0.3) is 0 Å². The van der Waals surface area contributed by atoms with E-state index in [0.717, 1.165) is 0 Å². The van der Waals surface area contributed by atoms with Crippen LogP contribution in [0.3, 0.4) is 0 Å². The van der Waals surface area contributed by atoms with Crippen molar-refractivity contribution in [2.75, 3.05) is 12.3 Å². The fourth-order valence-corrected chi connectivity index (χ4v) is 2.09.